The summed E-state index contributed by atoms with van der Waals surface area (Å²) in [5, 5.41) is 0. The van der Waals surface area contributed by atoms with Gasteiger partial charge in [0.15, 0.2) is 0 Å². The molecule has 5 nitrogen and oxygen atoms in total. The van der Waals surface area contributed by atoms with E-state index in [0.29, 0.717) is 5.69 Å². The second kappa shape index (κ2) is 6.41. The van der Waals surface area contributed by atoms with Crippen molar-refractivity contribution in [3.63, 3.8) is 0 Å². The van der Waals surface area contributed by atoms with E-state index in [1.54, 1.807) is 52.0 Å². The maximum Gasteiger partial charge on any atom is 0.415 e. The van der Waals surface area contributed by atoms with Crippen LogP contribution in [0.15, 0.2) is 30.3 Å². The molecule has 0 aliphatic heterocycles. The molecule has 0 unspecified atom stereocenters. The van der Waals surface area contributed by atoms with Crippen LogP contribution in [0.5, 0.6) is 0 Å². The molecule has 1 aromatic carbocycles. The Morgan fingerprint density at radius 1 is 1.15 bits per heavy atom. The highest BCUT2D eigenvalue weighted by molar-refractivity contribution is 5.95. The van der Waals surface area contributed by atoms with Gasteiger partial charge < -0.3 is 9.47 Å². The number of amides is 1. The van der Waals surface area contributed by atoms with Crippen LogP contribution in [0.3, 0.4) is 0 Å². The van der Waals surface area contributed by atoms with Crippen LogP contribution in [-0.4, -0.2) is 30.8 Å². The molecule has 0 aliphatic rings. The highest BCUT2D eigenvalue weighted by Crippen LogP contribution is 2.21. The normalized spacial score (nSPS) is 12.4. The van der Waals surface area contributed by atoms with E-state index in [2.05, 4.69) is 0 Å². The second-order valence-electron chi connectivity index (χ2n) is 5.39. The molecule has 110 valence electrons. The molecular formula is C15H21NO4. The van der Waals surface area contributed by atoms with Gasteiger partial charge >= 0.3 is 12.1 Å². The van der Waals surface area contributed by atoms with Crippen molar-refractivity contribution in [2.45, 2.75) is 39.3 Å². The summed E-state index contributed by atoms with van der Waals surface area (Å²) in [5.41, 5.74) is -0.0559. The zero-order valence-electron chi connectivity index (χ0n) is 12.5. The third kappa shape index (κ3) is 4.26. The molecule has 0 aliphatic carbocycles. The molecule has 0 bridgehead atoms. The predicted octanol–water partition coefficient (Wildman–Crippen LogP) is 2.99. The first-order chi connectivity index (χ1) is 9.26. The van der Waals surface area contributed by atoms with Crippen LogP contribution < -0.4 is 4.90 Å². The molecule has 1 atom stereocenters. The Morgan fingerprint density at radius 2 is 1.70 bits per heavy atom. The molecule has 0 spiro atoms. The average molecular weight is 279 g/mol. The first kappa shape index (κ1) is 16.0. The van der Waals surface area contributed by atoms with E-state index in [1.165, 1.54) is 12.0 Å². The maximum absolute atomic E-state index is 12.3. The van der Waals surface area contributed by atoms with Crippen LogP contribution in [-0.2, 0) is 14.3 Å². The van der Waals surface area contributed by atoms with E-state index >= 15 is 0 Å². The van der Waals surface area contributed by atoms with Gasteiger partial charge in [0, 0.05) is 5.69 Å². The Bertz CT molecular complexity index is 465. The minimum absolute atomic E-state index is 0.500. The van der Waals surface area contributed by atoms with Crippen molar-refractivity contribution in [1.82, 2.24) is 0 Å². The summed E-state index contributed by atoms with van der Waals surface area (Å²) in [6.07, 6.45) is -0.582. The summed E-state index contributed by atoms with van der Waals surface area (Å²) in [6.45, 7) is 6.92. The summed E-state index contributed by atoms with van der Waals surface area (Å²) in [7, 11) is 1.29. The van der Waals surface area contributed by atoms with Crippen molar-refractivity contribution >= 4 is 17.7 Å². The summed E-state index contributed by atoms with van der Waals surface area (Å²) in [4.78, 5) is 25.3. The standard InChI is InChI=1S/C15H21NO4/c1-11(13(17)19-5)16(12-9-7-6-8-10-12)14(18)20-15(2,3)4/h6-11H,1-5H3/t11-/m0/s1. The molecule has 1 rings (SSSR count). The molecule has 0 saturated heterocycles. The van der Waals surface area contributed by atoms with Crippen molar-refractivity contribution in [1.29, 1.82) is 0 Å². The minimum atomic E-state index is -0.766. The number of hydrogen-bond donors (Lipinski definition) is 0. The first-order valence-electron chi connectivity index (χ1n) is 6.41. The second-order valence-corrected chi connectivity index (χ2v) is 5.39. The smallest absolute Gasteiger partial charge is 0.415 e. The number of para-hydroxylation sites is 1. The Hall–Kier alpha value is -2.04. The number of carbonyl (C=O) groups is 2. The average Bonchev–Trinajstić information content (AvgIpc) is 2.37. The van der Waals surface area contributed by atoms with Crippen LogP contribution in [0.25, 0.3) is 0 Å². The van der Waals surface area contributed by atoms with Crippen molar-refractivity contribution in [3.05, 3.63) is 30.3 Å². The van der Waals surface area contributed by atoms with Gasteiger partial charge in [0.25, 0.3) is 0 Å². The lowest BCUT2D eigenvalue weighted by molar-refractivity contribution is -0.141. The van der Waals surface area contributed by atoms with Crippen LogP contribution in [0.1, 0.15) is 27.7 Å². The lowest BCUT2D eigenvalue weighted by Gasteiger charge is -2.30. The van der Waals surface area contributed by atoms with Gasteiger partial charge in [-0.3, -0.25) is 4.90 Å². The molecule has 1 aromatic rings. The maximum atomic E-state index is 12.3. The zero-order valence-corrected chi connectivity index (χ0v) is 12.5. The van der Waals surface area contributed by atoms with Crippen molar-refractivity contribution in [3.8, 4) is 0 Å². The quantitative estimate of drug-likeness (QED) is 0.798. The Labute approximate surface area is 119 Å². The Morgan fingerprint density at radius 3 is 2.15 bits per heavy atom. The van der Waals surface area contributed by atoms with Gasteiger partial charge in [0.05, 0.1) is 7.11 Å². The fourth-order valence-corrected chi connectivity index (χ4v) is 1.66. The summed E-state index contributed by atoms with van der Waals surface area (Å²) in [6, 6.07) is 8.12. The van der Waals surface area contributed by atoms with Crippen molar-refractivity contribution < 1.29 is 19.1 Å². The molecule has 0 N–H and O–H groups in total. The molecule has 20 heavy (non-hydrogen) atoms. The SMILES string of the molecule is COC(=O)[C@H](C)N(C(=O)OC(C)(C)C)c1ccccc1. The molecule has 0 fully saturated rings. The molecular weight excluding hydrogens is 258 g/mol. The number of esters is 1. The molecule has 0 heterocycles. The minimum Gasteiger partial charge on any atom is -0.467 e. The predicted molar refractivity (Wildman–Crippen MR) is 76.6 cm³/mol. The number of ether oxygens (including phenoxy) is 2. The first-order valence-corrected chi connectivity index (χ1v) is 6.41. The third-order valence-electron chi connectivity index (χ3n) is 2.55. The largest absolute Gasteiger partial charge is 0.467 e. The summed E-state index contributed by atoms with van der Waals surface area (Å²) in [5.74, 6) is -0.500. The molecule has 0 aromatic heterocycles. The Kier molecular flexibility index (Phi) is 5.13. The fourth-order valence-electron chi connectivity index (χ4n) is 1.66. The number of nitrogens with zero attached hydrogens (tertiary/aromatic N) is 1. The van der Waals surface area contributed by atoms with Gasteiger partial charge in [0.1, 0.15) is 11.6 Å². The van der Waals surface area contributed by atoms with Crippen LogP contribution in [0.4, 0.5) is 10.5 Å². The lowest BCUT2D eigenvalue weighted by atomic mass is 10.2. The van der Waals surface area contributed by atoms with Crippen molar-refractivity contribution in [2.75, 3.05) is 12.0 Å². The number of benzene rings is 1. The van der Waals surface area contributed by atoms with Crippen LogP contribution in [0, 0.1) is 0 Å². The van der Waals surface area contributed by atoms with Gasteiger partial charge in [-0.05, 0) is 39.8 Å². The van der Waals surface area contributed by atoms with E-state index in [0.717, 1.165) is 0 Å². The molecule has 0 saturated carbocycles. The van der Waals surface area contributed by atoms with Gasteiger partial charge in [-0.1, -0.05) is 18.2 Å². The van der Waals surface area contributed by atoms with E-state index in [4.69, 9.17) is 9.47 Å². The van der Waals surface area contributed by atoms with E-state index in [-0.39, 0.29) is 0 Å². The van der Waals surface area contributed by atoms with E-state index < -0.39 is 23.7 Å². The molecule has 0 radical (unpaired) electrons. The highest BCUT2D eigenvalue weighted by atomic mass is 16.6. The van der Waals surface area contributed by atoms with Gasteiger partial charge in [-0.25, -0.2) is 9.59 Å². The van der Waals surface area contributed by atoms with Crippen LogP contribution >= 0.6 is 0 Å². The third-order valence-corrected chi connectivity index (χ3v) is 2.55. The number of carbonyl (C=O) groups excluding carboxylic acids is 2. The van der Waals surface area contributed by atoms with Crippen molar-refractivity contribution in [2.24, 2.45) is 0 Å². The Balaban J connectivity index is 3.08. The summed E-state index contributed by atoms with van der Waals surface area (Å²) < 4.78 is 10.1. The highest BCUT2D eigenvalue weighted by Gasteiger charge is 2.31. The lowest BCUT2D eigenvalue weighted by Crippen LogP contribution is -2.46. The van der Waals surface area contributed by atoms with E-state index in [9.17, 15) is 9.59 Å². The fraction of sp³-hybridized carbons (Fsp3) is 0.467. The monoisotopic (exact) mass is 279 g/mol. The van der Waals surface area contributed by atoms with Gasteiger partial charge in [-0.15, -0.1) is 0 Å². The number of rotatable bonds is 3. The number of anilines is 1. The molecule has 1 amide bonds. The van der Waals surface area contributed by atoms with Gasteiger partial charge in [0.2, 0.25) is 0 Å². The number of hydrogen-bond acceptors (Lipinski definition) is 4. The number of methoxy groups -OCH3 is 1. The van der Waals surface area contributed by atoms with Gasteiger partial charge in [-0.2, -0.15) is 0 Å². The topological polar surface area (TPSA) is 55.8 Å². The van der Waals surface area contributed by atoms with Crippen LogP contribution in [0.2, 0.25) is 0 Å². The zero-order chi connectivity index (χ0) is 15.3. The summed E-state index contributed by atoms with van der Waals surface area (Å²) >= 11 is 0. The van der Waals surface area contributed by atoms with E-state index in [1.807, 2.05) is 6.07 Å². The molecule has 5 heteroatoms.